The minimum absolute atomic E-state index is 0.858. The van der Waals surface area contributed by atoms with Gasteiger partial charge in [0.05, 0.1) is 0 Å². The van der Waals surface area contributed by atoms with Crippen LogP contribution in [0.1, 0.15) is 22.3 Å². The summed E-state index contributed by atoms with van der Waals surface area (Å²) in [7, 11) is -1.08. The van der Waals surface area contributed by atoms with Gasteiger partial charge in [0.2, 0.25) is 0 Å². The van der Waals surface area contributed by atoms with Gasteiger partial charge in [-0.05, 0) is 49.2 Å². The molecule has 1 aliphatic rings. The number of benzene rings is 3. The number of hydrogen-bond acceptors (Lipinski definition) is 3. The van der Waals surface area contributed by atoms with Crippen LogP contribution in [-0.2, 0) is 6.42 Å². The van der Waals surface area contributed by atoms with Gasteiger partial charge >= 0.3 is 8.45 Å². The Morgan fingerprint density at radius 3 is 1.88 bits per heavy atom. The summed E-state index contributed by atoms with van der Waals surface area (Å²) in [6, 6.07) is 23.0. The average Bonchev–Trinajstić information content (AvgIpc) is 2.59. The van der Waals surface area contributed by atoms with Gasteiger partial charge in [-0.2, -0.15) is 0 Å². The van der Waals surface area contributed by atoms with Crippen molar-refractivity contribution >= 4 is 19.8 Å². The molecule has 126 valence electrons. The summed E-state index contributed by atoms with van der Waals surface area (Å²) >= 11 is 0. The Kier molecular flexibility index (Phi) is 4.33. The van der Waals surface area contributed by atoms with Crippen LogP contribution in [0.25, 0.3) is 0 Å². The first-order valence-corrected chi connectivity index (χ1v) is 9.69. The topological polar surface area (TPSA) is 33.3 Å². The SMILES string of the molecule is Cc1ccc2c(c1)Cc1cc(C)ccc1NP(Oc1ccccc1)N2. The van der Waals surface area contributed by atoms with Crippen LogP contribution in [0.15, 0.2) is 66.7 Å². The third-order valence-electron chi connectivity index (χ3n) is 4.29. The van der Waals surface area contributed by atoms with Crippen molar-refractivity contribution in [2.75, 3.05) is 10.2 Å². The van der Waals surface area contributed by atoms with Crippen LogP contribution in [0.4, 0.5) is 11.4 Å². The van der Waals surface area contributed by atoms with Crippen LogP contribution in [-0.4, -0.2) is 0 Å². The fourth-order valence-electron chi connectivity index (χ4n) is 3.04. The van der Waals surface area contributed by atoms with E-state index in [1.807, 2.05) is 30.3 Å². The molecule has 0 aromatic heterocycles. The maximum Gasteiger partial charge on any atom is 0.304 e. The molecule has 3 aromatic carbocycles. The highest BCUT2D eigenvalue weighted by molar-refractivity contribution is 7.56. The Balaban J connectivity index is 1.74. The van der Waals surface area contributed by atoms with E-state index in [0.29, 0.717) is 0 Å². The summed E-state index contributed by atoms with van der Waals surface area (Å²) in [5.74, 6) is 0.858. The molecule has 0 fully saturated rings. The van der Waals surface area contributed by atoms with E-state index in [1.165, 1.54) is 22.3 Å². The van der Waals surface area contributed by atoms with Crippen molar-refractivity contribution in [2.45, 2.75) is 20.3 Å². The van der Waals surface area contributed by atoms with E-state index in [1.54, 1.807) is 0 Å². The zero-order valence-corrected chi connectivity index (χ0v) is 15.3. The first kappa shape index (κ1) is 16.0. The lowest BCUT2D eigenvalue weighted by Gasteiger charge is -2.27. The number of hydrogen-bond donors (Lipinski definition) is 2. The highest BCUT2D eigenvalue weighted by atomic mass is 31.2. The van der Waals surface area contributed by atoms with Gasteiger partial charge in [-0.25, -0.2) is 0 Å². The number of fused-ring (bicyclic) bond motifs is 2. The predicted octanol–water partition coefficient (Wildman–Crippen LogP) is 6.04. The van der Waals surface area contributed by atoms with Crippen molar-refractivity contribution < 1.29 is 4.52 Å². The van der Waals surface area contributed by atoms with Gasteiger partial charge in [0.25, 0.3) is 0 Å². The highest BCUT2D eigenvalue weighted by Gasteiger charge is 2.20. The van der Waals surface area contributed by atoms with E-state index < -0.39 is 8.45 Å². The van der Waals surface area contributed by atoms with E-state index in [2.05, 4.69) is 60.4 Å². The van der Waals surface area contributed by atoms with E-state index in [-0.39, 0.29) is 0 Å². The van der Waals surface area contributed by atoms with Gasteiger partial charge < -0.3 is 14.7 Å². The minimum atomic E-state index is -1.08. The number of aryl methyl sites for hydroxylation is 2. The molecule has 2 N–H and O–H groups in total. The second kappa shape index (κ2) is 6.78. The van der Waals surface area contributed by atoms with Crippen LogP contribution in [0.5, 0.6) is 5.75 Å². The third-order valence-corrected chi connectivity index (χ3v) is 5.57. The van der Waals surface area contributed by atoms with Crippen LogP contribution in [0.3, 0.4) is 0 Å². The molecule has 4 rings (SSSR count). The lowest BCUT2D eigenvalue weighted by molar-refractivity contribution is 0.622. The lowest BCUT2D eigenvalue weighted by Crippen LogP contribution is -2.12. The zero-order chi connectivity index (χ0) is 17.2. The predicted molar refractivity (Wildman–Crippen MR) is 106 cm³/mol. The monoisotopic (exact) mass is 348 g/mol. The summed E-state index contributed by atoms with van der Waals surface area (Å²) in [5, 5.41) is 7.12. The van der Waals surface area contributed by atoms with Crippen molar-refractivity contribution in [3.63, 3.8) is 0 Å². The van der Waals surface area contributed by atoms with Crippen LogP contribution >= 0.6 is 8.45 Å². The van der Waals surface area contributed by atoms with Gasteiger partial charge in [-0.15, -0.1) is 0 Å². The molecule has 3 aromatic rings. The molecule has 4 heteroatoms. The number of nitrogens with one attached hydrogen (secondary N) is 2. The van der Waals surface area contributed by atoms with E-state index >= 15 is 0 Å². The highest BCUT2D eigenvalue weighted by Crippen LogP contribution is 2.43. The fourth-order valence-corrected chi connectivity index (χ4v) is 4.39. The normalized spacial score (nSPS) is 13.5. The van der Waals surface area contributed by atoms with Crippen molar-refractivity contribution in [3.05, 3.63) is 89.0 Å². The van der Waals surface area contributed by atoms with Crippen molar-refractivity contribution in [1.82, 2.24) is 0 Å². The zero-order valence-electron chi connectivity index (χ0n) is 14.4. The van der Waals surface area contributed by atoms with Crippen LogP contribution < -0.4 is 14.7 Å². The van der Waals surface area contributed by atoms with E-state index in [0.717, 1.165) is 23.5 Å². The summed E-state index contributed by atoms with van der Waals surface area (Å²) < 4.78 is 6.21. The standard InChI is InChI=1S/C21H21N2OP/c1-15-8-10-20-17(12-15)14-18-13-16(2)9-11-21(18)23-25(22-20)24-19-6-4-3-5-7-19/h3-13,22-23H,14H2,1-2H3. The Morgan fingerprint density at radius 2 is 1.32 bits per heavy atom. The van der Waals surface area contributed by atoms with Gasteiger partial charge in [-0.1, -0.05) is 53.6 Å². The van der Waals surface area contributed by atoms with Gasteiger partial charge in [0.1, 0.15) is 5.75 Å². The molecule has 0 bridgehead atoms. The van der Waals surface area contributed by atoms with Gasteiger partial charge in [0, 0.05) is 17.8 Å². The van der Waals surface area contributed by atoms with E-state index in [4.69, 9.17) is 4.52 Å². The Labute approximate surface area is 150 Å². The van der Waals surface area contributed by atoms with Crippen molar-refractivity contribution in [3.8, 4) is 5.75 Å². The second-order valence-electron chi connectivity index (χ2n) is 6.42. The molecule has 1 aliphatic heterocycles. The molecule has 1 heterocycles. The number of rotatable bonds is 2. The van der Waals surface area contributed by atoms with Gasteiger partial charge in [-0.3, -0.25) is 0 Å². The van der Waals surface area contributed by atoms with Crippen LogP contribution in [0.2, 0.25) is 0 Å². The molecule has 25 heavy (non-hydrogen) atoms. The third kappa shape index (κ3) is 3.62. The maximum absolute atomic E-state index is 6.21. The smallest absolute Gasteiger partial charge is 0.304 e. The lowest BCUT2D eigenvalue weighted by atomic mass is 9.99. The van der Waals surface area contributed by atoms with Crippen molar-refractivity contribution in [2.24, 2.45) is 0 Å². The van der Waals surface area contributed by atoms with E-state index in [9.17, 15) is 0 Å². The summed E-state index contributed by atoms with van der Waals surface area (Å²) in [6.07, 6.45) is 0.905. The first-order chi connectivity index (χ1) is 12.2. The Morgan fingerprint density at radius 1 is 0.760 bits per heavy atom. The molecule has 0 saturated carbocycles. The number of anilines is 2. The largest absolute Gasteiger partial charge is 0.437 e. The molecule has 0 unspecified atom stereocenters. The van der Waals surface area contributed by atoms with Gasteiger partial charge in [0.15, 0.2) is 0 Å². The quantitative estimate of drug-likeness (QED) is 0.554. The minimum Gasteiger partial charge on any atom is -0.437 e. The molecule has 3 nitrogen and oxygen atoms in total. The first-order valence-electron chi connectivity index (χ1n) is 8.43. The molecule has 0 atom stereocenters. The molecule has 0 radical (unpaired) electrons. The molecule has 0 saturated heterocycles. The van der Waals surface area contributed by atoms with Crippen molar-refractivity contribution in [1.29, 1.82) is 0 Å². The summed E-state index contributed by atoms with van der Waals surface area (Å²) in [6.45, 7) is 4.27. The Hall–Kier alpha value is -2.51. The molecule has 0 amide bonds. The fraction of sp³-hybridized carbons (Fsp3) is 0.143. The number of para-hydroxylation sites is 1. The maximum atomic E-state index is 6.21. The average molecular weight is 348 g/mol. The second-order valence-corrected chi connectivity index (χ2v) is 7.64. The summed E-state index contributed by atoms with van der Waals surface area (Å²) in [4.78, 5) is 0. The summed E-state index contributed by atoms with van der Waals surface area (Å²) in [5.41, 5.74) is 7.42. The Bertz CT molecular complexity index is 842. The van der Waals surface area contributed by atoms with Crippen LogP contribution in [0, 0.1) is 13.8 Å². The molecular weight excluding hydrogens is 327 g/mol. The molecule has 0 spiro atoms. The molecule has 0 aliphatic carbocycles. The molecular formula is C21H21N2OP.